The standard InChI is InChI=1S/C11H15N3O.C2H7N/c1-9-11(3-2-10(8-15)13-9)14-6-4-12-5-7-14;1-3-2/h2-3,8,12H,4-7H2,1H3;3H,1-2H3. The predicted octanol–water partition coefficient (Wildman–Crippen LogP) is 0.448. The van der Waals surface area contributed by atoms with E-state index in [0.29, 0.717) is 5.69 Å². The first kappa shape index (κ1) is 14.6. The summed E-state index contributed by atoms with van der Waals surface area (Å²) in [4.78, 5) is 17.1. The molecule has 1 aliphatic heterocycles. The van der Waals surface area contributed by atoms with Crippen LogP contribution in [0.1, 0.15) is 16.2 Å². The summed E-state index contributed by atoms with van der Waals surface area (Å²) in [6, 6.07) is 3.76. The van der Waals surface area contributed by atoms with Gasteiger partial charge in [0, 0.05) is 26.2 Å². The summed E-state index contributed by atoms with van der Waals surface area (Å²) >= 11 is 0. The number of hydrogen-bond donors (Lipinski definition) is 2. The highest BCUT2D eigenvalue weighted by molar-refractivity contribution is 5.73. The number of pyridine rings is 1. The van der Waals surface area contributed by atoms with Crippen molar-refractivity contribution in [1.82, 2.24) is 15.6 Å². The van der Waals surface area contributed by atoms with Crippen molar-refractivity contribution >= 4 is 12.0 Å². The maximum atomic E-state index is 10.6. The zero-order valence-corrected chi connectivity index (χ0v) is 11.4. The molecule has 2 N–H and O–H groups in total. The quantitative estimate of drug-likeness (QED) is 0.746. The van der Waals surface area contributed by atoms with Crippen LogP contribution in [-0.4, -0.2) is 51.5 Å². The summed E-state index contributed by atoms with van der Waals surface area (Å²) in [5, 5.41) is 6.06. The van der Waals surface area contributed by atoms with Crippen LogP contribution in [0.3, 0.4) is 0 Å². The molecule has 5 nitrogen and oxygen atoms in total. The number of carbonyl (C=O) groups is 1. The van der Waals surface area contributed by atoms with Gasteiger partial charge >= 0.3 is 0 Å². The van der Waals surface area contributed by atoms with Gasteiger partial charge in [-0.25, -0.2) is 4.98 Å². The van der Waals surface area contributed by atoms with Crippen LogP contribution in [-0.2, 0) is 0 Å². The lowest BCUT2D eigenvalue weighted by atomic mass is 10.2. The van der Waals surface area contributed by atoms with E-state index in [2.05, 4.69) is 20.5 Å². The van der Waals surface area contributed by atoms with Crippen molar-refractivity contribution in [2.24, 2.45) is 0 Å². The molecule has 0 bridgehead atoms. The van der Waals surface area contributed by atoms with E-state index < -0.39 is 0 Å². The topological polar surface area (TPSA) is 57.3 Å². The van der Waals surface area contributed by atoms with Gasteiger partial charge in [0.05, 0.1) is 11.4 Å². The van der Waals surface area contributed by atoms with E-state index in [-0.39, 0.29) is 0 Å². The summed E-state index contributed by atoms with van der Waals surface area (Å²) in [6.07, 6.45) is 0.786. The van der Waals surface area contributed by atoms with Gasteiger partial charge < -0.3 is 15.5 Å². The smallest absolute Gasteiger partial charge is 0.168 e. The van der Waals surface area contributed by atoms with Crippen molar-refractivity contribution < 1.29 is 4.79 Å². The Balaban J connectivity index is 0.000000492. The molecule has 0 saturated carbocycles. The Labute approximate surface area is 109 Å². The van der Waals surface area contributed by atoms with Gasteiger partial charge in [0.2, 0.25) is 0 Å². The van der Waals surface area contributed by atoms with Gasteiger partial charge in [0.25, 0.3) is 0 Å². The normalized spacial score (nSPS) is 14.7. The monoisotopic (exact) mass is 250 g/mol. The van der Waals surface area contributed by atoms with Gasteiger partial charge in [-0.1, -0.05) is 0 Å². The summed E-state index contributed by atoms with van der Waals surface area (Å²) in [5.74, 6) is 0. The van der Waals surface area contributed by atoms with E-state index in [9.17, 15) is 4.79 Å². The highest BCUT2D eigenvalue weighted by Gasteiger charge is 2.13. The molecule has 0 radical (unpaired) electrons. The Hall–Kier alpha value is -1.46. The lowest BCUT2D eigenvalue weighted by Crippen LogP contribution is -2.43. The Kier molecular flexibility index (Phi) is 6.32. The number of hydrogen-bond acceptors (Lipinski definition) is 5. The number of nitrogens with zero attached hydrogens (tertiary/aromatic N) is 2. The van der Waals surface area contributed by atoms with Crippen LogP contribution in [0.5, 0.6) is 0 Å². The number of anilines is 1. The zero-order valence-electron chi connectivity index (χ0n) is 11.4. The Morgan fingerprint density at radius 3 is 2.44 bits per heavy atom. The van der Waals surface area contributed by atoms with Crippen LogP contribution in [0.4, 0.5) is 5.69 Å². The zero-order chi connectivity index (χ0) is 13.4. The molecular formula is C13H22N4O. The number of aldehydes is 1. The van der Waals surface area contributed by atoms with Crippen LogP contribution in [0.25, 0.3) is 0 Å². The maximum Gasteiger partial charge on any atom is 0.168 e. The van der Waals surface area contributed by atoms with E-state index in [1.165, 1.54) is 0 Å². The fraction of sp³-hybridized carbons (Fsp3) is 0.538. The Morgan fingerprint density at radius 1 is 1.33 bits per heavy atom. The van der Waals surface area contributed by atoms with E-state index in [4.69, 9.17) is 0 Å². The lowest BCUT2D eigenvalue weighted by Gasteiger charge is -2.30. The third-order valence-corrected chi connectivity index (χ3v) is 2.66. The van der Waals surface area contributed by atoms with Crippen molar-refractivity contribution in [3.63, 3.8) is 0 Å². The largest absolute Gasteiger partial charge is 0.368 e. The third-order valence-electron chi connectivity index (χ3n) is 2.66. The summed E-state index contributed by atoms with van der Waals surface area (Å²) in [7, 11) is 3.75. The predicted molar refractivity (Wildman–Crippen MR) is 74.4 cm³/mol. The molecule has 1 fully saturated rings. The van der Waals surface area contributed by atoms with Crippen LogP contribution >= 0.6 is 0 Å². The van der Waals surface area contributed by atoms with Crippen LogP contribution in [0, 0.1) is 6.92 Å². The summed E-state index contributed by atoms with van der Waals surface area (Å²) in [6.45, 7) is 5.97. The lowest BCUT2D eigenvalue weighted by molar-refractivity contribution is 0.111. The number of aryl methyl sites for hydroxylation is 1. The summed E-state index contributed by atoms with van der Waals surface area (Å²) < 4.78 is 0. The number of aromatic nitrogens is 1. The van der Waals surface area contributed by atoms with Gasteiger partial charge in [0.1, 0.15) is 5.69 Å². The molecule has 5 heteroatoms. The van der Waals surface area contributed by atoms with Gasteiger partial charge in [-0.2, -0.15) is 0 Å². The average molecular weight is 250 g/mol. The van der Waals surface area contributed by atoms with Crippen LogP contribution in [0.2, 0.25) is 0 Å². The van der Waals surface area contributed by atoms with Gasteiger partial charge in [-0.15, -0.1) is 0 Å². The number of carbonyl (C=O) groups excluding carboxylic acids is 1. The van der Waals surface area contributed by atoms with Gasteiger partial charge in [-0.05, 0) is 33.2 Å². The average Bonchev–Trinajstić information content (AvgIpc) is 2.40. The minimum Gasteiger partial charge on any atom is -0.368 e. The van der Waals surface area contributed by atoms with Crippen molar-refractivity contribution in [2.75, 3.05) is 45.2 Å². The molecule has 18 heavy (non-hydrogen) atoms. The SMILES string of the molecule is CNC.Cc1nc(C=O)ccc1N1CCNCC1. The molecule has 0 aromatic carbocycles. The van der Waals surface area contributed by atoms with Gasteiger partial charge in [0.15, 0.2) is 6.29 Å². The highest BCUT2D eigenvalue weighted by atomic mass is 16.1. The second kappa shape index (κ2) is 7.79. The fourth-order valence-electron chi connectivity index (χ4n) is 1.88. The Morgan fingerprint density at radius 2 is 1.94 bits per heavy atom. The first-order valence-electron chi connectivity index (χ1n) is 6.20. The Bertz CT molecular complexity index is 375. The van der Waals surface area contributed by atoms with E-state index >= 15 is 0 Å². The van der Waals surface area contributed by atoms with Crippen molar-refractivity contribution in [1.29, 1.82) is 0 Å². The molecule has 1 aliphatic rings. The van der Waals surface area contributed by atoms with Crippen molar-refractivity contribution in [3.8, 4) is 0 Å². The second-order valence-electron chi connectivity index (χ2n) is 4.20. The first-order chi connectivity index (χ1) is 8.72. The second-order valence-corrected chi connectivity index (χ2v) is 4.20. The molecule has 0 spiro atoms. The van der Waals surface area contributed by atoms with Crippen molar-refractivity contribution in [2.45, 2.75) is 6.92 Å². The van der Waals surface area contributed by atoms with Gasteiger partial charge in [-0.3, -0.25) is 4.79 Å². The molecule has 1 aromatic heterocycles. The minimum atomic E-state index is 0.506. The first-order valence-corrected chi connectivity index (χ1v) is 6.20. The van der Waals surface area contributed by atoms with E-state index in [1.807, 2.05) is 27.1 Å². The van der Waals surface area contributed by atoms with Crippen molar-refractivity contribution in [3.05, 3.63) is 23.5 Å². The molecule has 2 rings (SSSR count). The number of nitrogens with one attached hydrogen (secondary N) is 2. The van der Waals surface area contributed by atoms with Crippen LogP contribution in [0.15, 0.2) is 12.1 Å². The molecule has 0 amide bonds. The molecule has 0 unspecified atom stereocenters. The molecule has 1 saturated heterocycles. The molecule has 2 heterocycles. The molecule has 100 valence electrons. The van der Waals surface area contributed by atoms with E-state index in [1.54, 1.807) is 6.07 Å². The maximum absolute atomic E-state index is 10.6. The minimum absolute atomic E-state index is 0.506. The third kappa shape index (κ3) is 4.09. The molecule has 0 atom stereocenters. The molecule has 0 aliphatic carbocycles. The fourth-order valence-corrected chi connectivity index (χ4v) is 1.88. The van der Waals surface area contributed by atoms with E-state index in [0.717, 1.165) is 43.8 Å². The summed E-state index contributed by atoms with van der Waals surface area (Å²) in [5.41, 5.74) is 2.58. The molecular weight excluding hydrogens is 228 g/mol. The van der Waals surface area contributed by atoms with Crippen LogP contribution < -0.4 is 15.5 Å². The highest BCUT2D eigenvalue weighted by Crippen LogP contribution is 2.18. The molecule has 1 aromatic rings. The number of piperazine rings is 1. The number of rotatable bonds is 2.